The second-order valence-corrected chi connectivity index (χ2v) is 5.89. The van der Waals surface area contributed by atoms with Crippen LogP contribution in [0.2, 0.25) is 0 Å². The van der Waals surface area contributed by atoms with Crippen LogP contribution in [0.1, 0.15) is 24.6 Å². The van der Waals surface area contributed by atoms with Crippen LogP contribution in [0.15, 0.2) is 12.3 Å². The van der Waals surface area contributed by atoms with E-state index in [1.54, 1.807) is 4.68 Å². The fourth-order valence-electron chi connectivity index (χ4n) is 2.87. The molecule has 2 aromatic heterocycles. The summed E-state index contributed by atoms with van der Waals surface area (Å²) in [7, 11) is 1.90. The number of fused-ring (bicyclic) bond motifs is 1. The van der Waals surface area contributed by atoms with Crippen molar-refractivity contribution in [2.45, 2.75) is 38.5 Å². The molecule has 0 aliphatic carbocycles. The first-order valence-corrected chi connectivity index (χ1v) is 7.32. The Morgan fingerprint density at radius 2 is 2.38 bits per heavy atom. The Bertz CT molecular complexity index is 654. The van der Waals surface area contributed by atoms with E-state index < -0.39 is 5.60 Å². The minimum atomic E-state index is -0.762. The van der Waals surface area contributed by atoms with E-state index in [-0.39, 0.29) is 6.10 Å². The van der Waals surface area contributed by atoms with Crippen molar-refractivity contribution >= 4 is 11.0 Å². The zero-order valence-electron chi connectivity index (χ0n) is 12.8. The smallest absolute Gasteiger partial charge is 0.157 e. The quantitative estimate of drug-likeness (QED) is 0.875. The van der Waals surface area contributed by atoms with Gasteiger partial charge in [-0.1, -0.05) is 0 Å². The van der Waals surface area contributed by atoms with E-state index in [4.69, 9.17) is 4.74 Å². The summed E-state index contributed by atoms with van der Waals surface area (Å²) < 4.78 is 7.23. The molecule has 114 valence electrons. The summed E-state index contributed by atoms with van der Waals surface area (Å²) in [6, 6.07) is 2.11. The second kappa shape index (κ2) is 5.36. The number of nitrogens with zero attached hydrogens (tertiary/aromatic N) is 3. The molecule has 2 aromatic rings. The number of aliphatic hydroxyl groups is 1. The molecule has 1 aliphatic rings. The van der Waals surface area contributed by atoms with Gasteiger partial charge in [0.2, 0.25) is 0 Å². The number of hydrogen-bond acceptors (Lipinski definition) is 5. The average molecular weight is 290 g/mol. The van der Waals surface area contributed by atoms with E-state index in [1.807, 2.05) is 27.1 Å². The SMILES string of the molecule is Cc1nn(C)c2ncc(CNCC3(O)CCOC3C)cc12. The fraction of sp³-hybridized carbons (Fsp3) is 0.600. The molecule has 2 atom stereocenters. The van der Waals surface area contributed by atoms with E-state index in [0.29, 0.717) is 26.1 Å². The van der Waals surface area contributed by atoms with Gasteiger partial charge in [0.05, 0.1) is 11.8 Å². The third kappa shape index (κ3) is 2.66. The largest absolute Gasteiger partial charge is 0.386 e. The van der Waals surface area contributed by atoms with Crippen molar-refractivity contribution in [3.05, 3.63) is 23.5 Å². The lowest BCUT2D eigenvalue weighted by Crippen LogP contribution is -2.45. The summed E-state index contributed by atoms with van der Waals surface area (Å²) in [5, 5.41) is 19.2. The lowest BCUT2D eigenvalue weighted by atomic mass is 9.97. The van der Waals surface area contributed by atoms with Crippen LogP contribution in [-0.4, -0.2) is 44.7 Å². The molecular formula is C15H22N4O2. The van der Waals surface area contributed by atoms with Crippen LogP contribution >= 0.6 is 0 Å². The van der Waals surface area contributed by atoms with Crippen molar-refractivity contribution in [1.82, 2.24) is 20.1 Å². The maximum absolute atomic E-state index is 10.4. The van der Waals surface area contributed by atoms with Gasteiger partial charge in [0.25, 0.3) is 0 Å². The number of nitrogens with one attached hydrogen (secondary N) is 1. The molecule has 3 rings (SSSR count). The van der Waals surface area contributed by atoms with E-state index in [0.717, 1.165) is 22.3 Å². The van der Waals surface area contributed by atoms with Crippen LogP contribution in [0.3, 0.4) is 0 Å². The number of hydrogen-bond donors (Lipinski definition) is 2. The topological polar surface area (TPSA) is 72.2 Å². The summed E-state index contributed by atoms with van der Waals surface area (Å²) in [6.07, 6.45) is 2.42. The maximum Gasteiger partial charge on any atom is 0.157 e. The van der Waals surface area contributed by atoms with Gasteiger partial charge in [-0.15, -0.1) is 0 Å². The molecule has 0 radical (unpaired) electrons. The Morgan fingerprint density at radius 3 is 3.10 bits per heavy atom. The Kier molecular flexibility index (Phi) is 3.69. The number of aromatic nitrogens is 3. The highest BCUT2D eigenvalue weighted by Gasteiger charge is 2.38. The first-order chi connectivity index (χ1) is 9.99. The second-order valence-electron chi connectivity index (χ2n) is 5.89. The Labute approximate surface area is 124 Å². The molecule has 0 bridgehead atoms. The first kappa shape index (κ1) is 14.4. The van der Waals surface area contributed by atoms with Gasteiger partial charge in [0.15, 0.2) is 5.65 Å². The molecule has 6 heteroatoms. The predicted molar refractivity (Wildman–Crippen MR) is 79.9 cm³/mol. The summed E-state index contributed by atoms with van der Waals surface area (Å²) in [6.45, 7) is 5.73. The predicted octanol–water partition coefficient (Wildman–Crippen LogP) is 0.906. The lowest BCUT2D eigenvalue weighted by Gasteiger charge is -2.26. The van der Waals surface area contributed by atoms with Crippen LogP contribution < -0.4 is 5.32 Å². The number of aryl methyl sites for hydroxylation is 2. The van der Waals surface area contributed by atoms with Crippen LogP contribution in [0.5, 0.6) is 0 Å². The zero-order valence-corrected chi connectivity index (χ0v) is 12.8. The normalized spacial score (nSPS) is 25.8. The fourth-order valence-corrected chi connectivity index (χ4v) is 2.87. The summed E-state index contributed by atoms with van der Waals surface area (Å²) in [5.41, 5.74) is 2.21. The highest BCUT2D eigenvalue weighted by Crippen LogP contribution is 2.25. The third-order valence-electron chi connectivity index (χ3n) is 4.34. The van der Waals surface area contributed by atoms with Crippen LogP contribution in [-0.2, 0) is 18.3 Å². The highest BCUT2D eigenvalue weighted by molar-refractivity contribution is 5.78. The van der Waals surface area contributed by atoms with Crippen molar-refractivity contribution in [2.75, 3.05) is 13.2 Å². The number of rotatable bonds is 4. The van der Waals surface area contributed by atoms with Crippen LogP contribution in [0.4, 0.5) is 0 Å². The molecule has 2 N–H and O–H groups in total. The minimum Gasteiger partial charge on any atom is -0.386 e. The molecule has 1 aliphatic heterocycles. The van der Waals surface area contributed by atoms with Crippen molar-refractivity contribution in [1.29, 1.82) is 0 Å². The first-order valence-electron chi connectivity index (χ1n) is 7.32. The molecule has 0 saturated carbocycles. The third-order valence-corrected chi connectivity index (χ3v) is 4.34. The molecule has 21 heavy (non-hydrogen) atoms. The average Bonchev–Trinajstić information content (AvgIpc) is 2.92. The number of ether oxygens (including phenoxy) is 1. The van der Waals surface area contributed by atoms with E-state index in [2.05, 4.69) is 21.5 Å². The zero-order chi connectivity index (χ0) is 15.0. The molecule has 6 nitrogen and oxygen atoms in total. The van der Waals surface area contributed by atoms with Gasteiger partial charge in [-0.05, 0) is 25.5 Å². The van der Waals surface area contributed by atoms with Gasteiger partial charge in [-0.25, -0.2) is 4.98 Å². The van der Waals surface area contributed by atoms with Gasteiger partial charge in [-0.2, -0.15) is 5.10 Å². The van der Waals surface area contributed by atoms with Crippen molar-refractivity contribution in [2.24, 2.45) is 7.05 Å². The molecule has 0 spiro atoms. The van der Waals surface area contributed by atoms with Crippen LogP contribution in [0, 0.1) is 6.92 Å². The Morgan fingerprint density at radius 1 is 1.57 bits per heavy atom. The molecule has 1 fully saturated rings. The standard InChI is InChI=1S/C15H22N4O2/c1-10-13-6-12(8-17-14(13)19(3)18-10)7-16-9-15(20)4-5-21-11(15)2/h6,8,11,16,20H,4-5,7,9H2,1-3H3. The highest BCUT2D eigenvalue weighted by atomic mass is 16.5. The molecule has 1 saturated heterocycles. The monoisotopic (exact) mass is 290 g/mol. The molecule has 3 heterocycles. The van der Waals surface area contributed by atoms with Gasteiger partial charge in [-0.3, -0.25) is 4.68 Å². The van der Waals surface area contributed by atoms with Gasteiger partial charge in [0.1, 0.15) is 5.60 Å². The minimum absolute atomic E-state index is 0.119. The maximum atomic E-state index is 10.4. The van der Waals surface area contributed by atoms with Crippen molar-refractivity contribution in [3.63, 3.8) is 0 Å². The van der Waals surface area contributed by atoms with Gasteiger partial charge in [0, 0.05) is 44.7 Å². The molecule has 0 amide bonds. The summed E-state index contributed by atoms with van der Waals surface area (Å²) in [4.78, 5) is 4.46. The van der Waals surface area contributed by atoms with Gasteiger partial charge < -0.3 is 15.2 Å². The Hall–Kier alpha value is -1.50. The van der Waals surface area contributed by atoms with Crippen molar-refractivity contribution < 1.29 is 9.84 Å². The van der Waals surface area contributed by atoms with Crippen molar-refractivity contribution in [3.8, 4) is 0 Å². The molecule has 2 unspecified atom stereocenters. The van der Waals surface area contributed by atoms with E-state index in [1.165, 1.54) is 0 Å². The number of pyridine rings is 1. The van der Waals surface area contributed by atoms with E-state index in [9.17, 15) is 5.11 Å². The summed E-state index contributed by atoms with van der Waals surface area (Å²) >= 11 is 0. The molecule has 0 aromatic carbocycles. The van der Waals surface area contributed by atoms with E-state index >= 15 is 0 Å². The Balaban J connectivity index is 1.67. The van der Waals surface area contributed by atoms with Crippen LogP contribution in [0.25, 0.3) is 11.0 Å². The lowest BCUT2D eigenvalue weighted by molar-refractivity contribution is -0.0262. The van der Waals surface area contributed by atoms with Gasteiger partial charge >= 0.3 is 0 Å². The summed E-state index contributed by atoms with van der Waals surface area (Å²) in [5.74, 6) is 0. The molecular weight excluding hydrogens is 268 g/mol.